The molecule has 122 valence electrons. The van der Waals surface area contributed by atoms with Gasteiger partial charge in [-0.15, -0.1) is 0 Å². The van der Waals surface area contributed by atoms with Crippen LogP contribution in [-0.2, 0) is 16.0 Å². The summed E-state index contributed by atoms with van der Waals surface area (Å²) in [7, 11) is 0. The lowest BCUT2D eigenvalue weighted by atomic mass is 10.1. The van der Waals surface area contributed by atoms with E-state index in [1.165, 1.54) is 6.07 Å². The number of aromatic nitrogens is 2. The van der Waals surface area contributed by atoms with Crippen molar-refractivity contribution < 1.29 is 13.9 Å². The van der Waals surface area contributed by atoms with E-state index in [9.17, 15) is 9.18 Å². The number of nitrogens with zero attached hydrogens (tertiary/aromatic N) is 2. The fraction of sp³-hybridized carbons (Fsp3) is 0.412. The fourth-order valence-corrected chi connectivity index (χ4v) is 2.82. The SMILES string of the molecule is Cc1cnc([C@H]2COCCN2C(=O)CCc2ccccc2F)[nH]1. The normalized spacial score (nSPS) is 18.2. The van der Waals surface area contributed by atoms with Crippen molar-refractivity contribution in [3.05, 3.63) is 53.4 Å². The number of benzene rings is 1. The number of ether oxygens (including phenoxy) is 1. The molecular weight excluding hydrogens is 297 g/mol. The van der Waals surface area contributed by atoms with Gasteiger partial charge in [0.25, 0.3) is 0 Å². The molecule has 0 bridgehead atoms. The average molecular weight is 317 g/mol. The number of halogens is 1. The molecule has 0 saturated carbocycles. The molecule has 2 heterocycles. The molecule has 1 aliphatic rings. The number of rotatable bonds is 4. The first-order valence-electron chi connectivity index (χ1n) is 7.77. The van der Waals surface area contributed by atoms with Crippen molar-refractivity contribution >= 4 is 5.91 Å². The number of carbonyl (C=O) groups excluding carboxylic acids is 1. The van der Waals surface area contributed by atoms with E-state index in [4.69, 9.17) is 4.74 Å². The zero-order valence-corrected chi connectivity index (χ0v) is 13.1. The van der Waals surface area contributed by atoms with Gasteiger partial charge in [0.05, 0.1) is 13.2 Å². The van der Waals surface area contributed by atoms with Crippen LogP contribution in [0.15, 0.2) is 30.5 Å². The van der Waals surface area contributed by atoms with Crippen molar-refractivity contribution in [3.63, 3.8) is 0 Å². The second-order valence-corrected chi connectivity index (χ2v) is 5.72. The monoisotopic (exact) mass is 317 g/mol. The second-order valence-electron chi connectivity index (χ2n) is 5.72. The number of amides is 1. The van der Waals surface area contributed by atoms with Gasteiger partial charge < -0.3 is 14.6 Å². The van der Waals surface area contributed by atoms with Crippen molar-refractivity contribution in [1.82, 2.24) is 14.9 Å². The van der Waals surface area contributed by atoms with Crippen LogP contribution >= 0.6 is 0 Å². The highest BCUT2D eigenvalue weighted by molar-refractivity contribution is 5.77. The molecule has 1 amide bonds. The minimum absolute atomic E-state index is 0.00407. The molecule has 2 aromatic rings. The molecule has 3 rings (SSSR count). The van der Waals surface area contributed by atoms with Gasteiger partial charge in [-0.2, -0.15) is 0 Å². The topological polar surface area (TPSA) is 58.2 Å². The Kier molecular flexibility index (Phi) is 4.71. The molecule has 1 aromatic heterocycles. The Morgan fingerprint density at radius 1 is 1.48 bits per heavy atom. The third-order valence-electron chi connectivity index (χ3n) is 4.05. The van der Waals surface area contributed by atoms with Crippen LogP contribution in [-0.4, -0.2) is 40.5 Å². The predicted molar refractivity (Wildman–Crippen MR) is 83.3 cm³/mol. The Labute approximate surface area is 134 Å². The zero-order valence-electron chi connectivity index (χ0n) is 13.1. The highest BCUT2D eigenvalue weighted by atomic mass is 19.1. The van der Waals surface area contributed by atoms with Gasteiger partial charge in [-0.3, -0.25) is 4.79 Å². The van der Waals surface area contributed by atoms with Crippen LogP contribution in [0.5, 0.6) is 0 Å². The van der Waals surface area contributed by atoms with Crippen molar-refractivity contribution in [2.75, 3.05) is 19.8 Å². The lowest BCUT2D eigenvalue weighted by Crippen LogP contribution is -2.44. The Hall–Kier alpha value is -2.21. The van der Waals surface area contributed by atoms with Crippen molar-refractivity contribution in [3.8, 4) is 0 Å². The van der Waals surface area contributed by atoms with E-state index in [1.807, 2.05) is 6.92 Å². The van der Waals surface area contributed by atoms with Crippen molar-refractivity contribution in [2.45, 2.75) is 25.8 Å². The third kappa shape index (κ3) is 3.59. The van der Waals surface area contributed by atoms with Crippen LogP contribution in [0.1, 0.15) is 29.5 Å². The van der Waals surface area contributed by atoms with E-state index < -0.39 is 0 Å². The second kappa shape index (κ2) is 6.91. The van der Waals surface area contributed by atoms with Crippen molar-refractivity contribution in [2.24, 2.45) is 0 Å². The first kappa shape index (κ1) is 15.7. The summed E-state index contributed by atoms with van der Waals surface area (Å²) in [4.78, 5) is 21.8. The Balaban J connectivity index is 1.68. The molecule has 23 heavy (non-hydrogen) atoms. The number of hydrogen-bond acceptors (Lipinski definition) is 3. The van der Waals surface area contributed by atoms with Crippen LogP contribution in [0.25, 0.3) is 0 Å². The van der Waals surface area contributed by atoms with Crippen LogP contribution in [0.3, 0.4) is 0 Å². The van der Waals surface area contributed by atoms with E-state index >= 15 is 0 Å². The van der Waals surface area contributed by atoms with Gasteiger partial charge >= 0.3 is 0 Å². The summed E-state index contributed by atoms with van der Waals surface area (Å²) in [5, 5.41) is 0. The number of H-pyrrole nitrogens is 1. The van der Waals surface area contributed by atoms with E-state index in [0.29, 0.717) is 31.7 Å². The minimum atomic E-state index is -0.263. The largest absolute Gasteiger partial charge is 0.377 e. The van der Waals surface area contributed by atoms with Gasteiger partial charge in [0.15, 0.2) is 0 Å². The Morgan fingerprint density at radius 2 is 2.30 bits per heavy atom. The van der Waals surface area contributed by atoms with Gasteiger partial charge in [-0.1, -0.05) is 18.2 Å². The summed E-state index contributed by atoms with van der Waals surface area (Å²) in [5.41, 5.74) is 1.52. The summed E-state index contributed by atoms with van der Waals surface area (Å²) in [6, 6.07) is 6.37. The molecule has 5 nitrogen and oxygen atoms in total. The number of morpholine rings is 1. The van der Waals surface area contributed by atoms with Crippen LogP contribution in [0, 0.1) is 12.7 Å². The first-order chi connectivity index (χ1) is 11.1. The summed E-state index contributed by atoms with van der Waals surface area (Å²) in [6.07, 6.45) is 2.41. The molecule has 0 spiro atoms. The number of imidazole rings is 1. The maximum atomic E-state index is 13.7. The molecule has 1 atom stereocenters. The maximum absolute atomic E-state index is 13.7. The van der Waals surface area contributed by atoms with Gasteiger partial charge in [-0.25, -0.2) is 9.37 Å². The fourth-order valence-electron chi connectivity index (χ4n) is 2.82. The van der Waals surface area contributed by atoms with Crippen LogP contribution in [0.2, 0.25) is 0 Å². The summed E-state index contributed by atoms with van der Waals surface area (Å²) in [5.74, 6) is 0.470. The molecule has 0 radical (unpaired) electrons. The smallest absolute Gasteiger partial charge is 0.223 e. The lowest BCUT2D eigenvalue weighted by molar-refractivity contribution is -0.140. The van der Waals surface area contributed by atoms with Crippen LogP contribution in [0.4, 0.5) is 4.39 Å². The summed E-state index contributed by atoms with van der Waals surface area (Å²) in [6.45, 7) is 3.39. The standard InChI is InChI=1S/C17H20FN3O2/c1-12-10-19-17(20-12)15-11-23-9-8-21(15)16(22)7-6-13-4-2-3-5-14(13)18/h2-5,10,15H,6-9,11H2,1H3,(H,19,20)/t15-/m1/s1. The lowest BCUT2D eigenvalue weighted by Gasteiger charge is -2.34. The maximum Gasteiger partial charge on any atom is 0.223 e. The molecule has 1 N–H and O–H groups in total. The summed E-state index contributed by atoms with van der Waals surface area (Å²) >= 11 is 0. The third-order valence-corrected chi connectivity index (χ3v) is 4.05. The quantitative estimate of drug-likeness (QED) is 0.942. The predicted octanol–water partition coefficient (Wildman–Crippen LogP) is 2.39. The Morgan fingerprint density at radius 3 is 3.04 bits per heavy atom. The molecule has 1 aliphatic heterocycles. The van der Waals surface area contributed by atoms with Gasteiger partial charge in [-0.05, 0) is 25.0 Å². The van der Waals surface area contributed by atoms with Crippen LogP contribution < -0.4 is 0 Å². The number of aromatic amines is 1. The first-order valence-corrected chi connectivity index (χ1v) is 7.77. The molecule has 1 aromatic carbocycles. The highest BCUT2D eigenvalue weighted by Crippen LogP contribution is 2.23. The number of hydrogen-bond donors (Lipinski definition) is 1. The summed E-state index contributed by atoms with van der Waals surface area (Å²) < 4.78 is 19.2. The molecule has 0 aliphatic carbocycles. The van der Waals surface area contributed by atoms with Crippen molar-refractivity contribution in [1.29, 1.82) is 0 Å². The molecule has 6 heteroatoms. The number of carbonyl (C=O) groups is 1. The zero-order chi connectivity index (χ0) is 16.2. The van der Waals surface area contributed by atoms with Gasteiger partial charge in [0, 0.05) is 24.9 Å². The number of nitrogens with one attached hydrogen (secondary N) is 1. The molecule has 1 fully saturated rings. The number of aryl methyl sites for hydroxylation is 2. The highest BCUT2D eigenvalue weighted by Gasteiger charge is 2.30. The van der Waals surface area contributed by atoms with Gasteiger partial charge in [0.2, 0.25) is 5.91 Å². The average Bonchev–Trinajstić information content (AvgIpc) is 3.00. The van der Waals surface area contributed by atoms with E-state index in [0.717, 1.165) is 11.5 Å². The molecule has 1 saturated heterocycles. The molecule has 0 unspecified atom stereocenters. The molecular formula is C17H20FN3O2. The van der Waals surface area contributed by atoms with E-state index in [-0.39, 0.29) is 24.2 Å². The Bertz CT molecular complexity index is 686. The van der Waals surface area contributed by atoms with Gasteiger partial charge in [0.1, 0.15) is 17.7 Å². The van der Waals surface area contributed by atoms with E-state index in [2.05, 4.69) is 9.97 Å². The minimum Gasteiger partial charge on any atom is -0.377 e. The van der Waals surface area contributed by atoms with E-state index in [1.54, 1.807) is 29.3 Å².